The first kappa shape index (κ1) is 22.5. The van der Waals surface area contributed by atoms with E-state index in [4.69, 9.17) is 4.74 Å². The summed E-state index contributed by atoms with van der Waals surface area (Å²) in [6.45, 7) is 1.85. The van der Waals surface area contributed by atoms with E-state index < -0.39 is 10.0 Å². The summed E-state index contributed by atoms with van der Waals surface area (Å²) in [4.78, 5) is 16.7. The molecular weight excluding hydrogens is 414 g/mol. The molecule has 3 rings (SSSR count). The number of carbonyl (C=O) groups is 1. The number of rotatable bonds is 9. The van der Waals surface area contributed by atoms with Gasteiger partial charge < -0.3 is 10.1 Å². The molecule has 1 aromatic heterocycles. The van der Waals surface area contributed by atoms with E-state index >= 15 is 0 Å². The number of hydrogen-bond donors (Lipinski definition) is 1. The summed E-state index contributed by atoms with van der Waals surface area (Å²) in [7, 11) is -2.38. The molecule has 0 bridgehead atoms. The Morgan fingerprint density at radius 1 is 1.03 bits per heavy atom. The van der Waals surface area contributed by atoms with Gasteiger partial charge in [-0.05, 0) is 53.9 Å². The molecule has 8 heteroatoms. The molecule has 1 amide bonds. The number of nitrogens with zero attached hydrogens (tertiary/aromatic N) is 2. The van der Waals surface area contributed by atoms with Crippen LogP contribution in [0.1, 0.15) is 16.7 Å². The first-order valence-corrected chi connectivity index (χ1v) is 11.2. The van der Waals surface area contributed by atoms with Gasteiger partial charge >= 0.3 is 0 Å². The van der Waals surface area contributed by atoms with E-state index in [0.717, 1.165) is 11.1 Å². The molecule has 2 aromatic carbocycles. The third-order valence-corrected chi connectivity index (χ3v) is 6.55. The molecule has 162 valence electrons. The van der Waals surface area contributed by atoms with Crippen LogP contribution >= 0.6 is 0 Å². The van der Waals surface area contributed by atoms with Crippen molar-refractivity contribution in [3.05, 3.63) is 89.7 Å². The number of nitrogens with one attached hydrogen (secondary N) is 1. The summed E-state index contributed by atoms with van der Waals surface area (Å²) in [6, 6.07) is 17.4. The number of carbonyl (C=O) groups excluding carboxylic acids is 1. The second kappa shape index (κ2) is 10.2. The second-order valence-electron chi connectivity index (χ2n) is 7.02. The van der Waals surface area contributed by atoms with Crippen LogP contribution in [0, 0.1) is 6.92 Å². The van der Waals surface area contributed by atoms with E-state index in [1.807, 2.05) is 30.3 Å². The third kappa shape index (κ3) is 5.90. The average Bonchev–Trinajstić information content (AvgIpc) is 2.78. The van der Waals surface area contributed by atoms with E-state index in [-0.39, 0.29) is 23.9 Å². The van der Waals surface area contributed by atoms with Crippen molar-refractivity contribution in [2.75, 3.05) is 13.7 Å². The highest BCUT2D eigenvalue weighted by atomic mass is 32.2. The van der Waals surface area contributed by atoms with Crippen LogP contribution in [0.2, 0.25) is 0 Å². The minimum Gasteiger partial charge on any atom is -0.496 e. The maximum absolute atomic E-state index is 13.4. The standard InChI is InChI=1S/C23H25N3O4S/c1-18-14-21(8-9-22(18)30-2)31(28,29)26(16-20-6-4-3-5-7-20)17-23(27)25-15-19-10-12-24-13-11-19/h3-14H,15-17H2,1-2H3,(H,25,27). The molecule has 0 radical (unpaired) electrons. The van der Waals surface area contributed by atoms with Gasteiger partial charge in [-0.15, -0.1) is 0 Å². The van der Waals surface area contributed by atoms with Crippen molar-refractivity contribution in [1.29, 1.82) is 0 Å². The minimum absolute atomic E-state index is 0.0803. The fraction of sp³-hybridized carbons (Fsp3) is 0.217. The van der Waals surface area contributed by atoms with Crippen molar-refractivity contribution in [1.82, 2.24) is 14.6 Å². The second-order valence-corrected chi connectivity index (χ2v) is 8.96. The van der Waals surface area contributed by atoms with E-state index in [2.05, 4.69) is 10.3 Å². The fourth-order valence-electron chi connectivity index (χ4n) is 3.09. The highest BCUT2D eigenvalue weighted by Gasteiger charge is 2.27. The lowest BCUT2D eigenvalue weighted by Gasteiger charge is -2.22. The maximum atomic E-state index is 13.4. The molecule has 0 aliphatic heterocycles. The fourth-order valence-corrected chi connectivity index (χ4v) is 4.56. The summed E-state index contributed by atoms with van der Waals surface area (Å²) in [5, 5.41) is 2.78. The number of methoxy groups -OCH3 is 1. The summed E-state index contributed by atoms with van der Waals surface area (Å²) < 4.78 is 33.2. The van der Waals surface area contributed by atoms with Crippen molar-refractivity contribution in [3.63, 3.8) is 0 Å². The Morgan fingerprint density at radius 3 is 2.39 bits per heavy atom. The highest BCUT2D eigenvalue weighted by molar-refractivity contribution is 7.89. The average molecular weight is 440 g/mol. The van der Waals surface area contributed by atoms with Gasteiger partial charge in [0.15, 0.2) is 0 Å². The third-order valence-electron chi connectivity index (χ3n) is 4.76. The molecule has 1 N–H and O–H groups in total. The smallest absolute Gasteiger partial charge is 0.243 e. The van der Waals surface area contributed by atoms with Gasteiger partial charge in [-0.25, -0.2) is 8.42 Å². The molecule has 0 unspecified atom stereocenters. The maximum Gasteiger partial charge on any atom is 0.243 e. The van der Waals surface area contributed by atoms with E-state index in [1.54, 1.807) is 43.6 Å². The summed E-state index contributed by atoms with van der Waals surface area (Å²) in [5.74, 6) is 0.213. The van der Waals surface area contributed by atoms with Crippen molar-refractivity contribution in [2.24, 2.45) is 0 Å². The lowest BCUT2D eigenvalue weighted by Crippen LogP contribution is -2.40. The largest absolute Gasteiger partial charge is 0.496 e. The van der Waals surface area contributed by atoms with Gasteiger partial charge in [-0.3, -0.25) is 9.78 Å². The van der Waals surface area contributed by atoms with Crippen molar-refractivity contribution in [2.45, 2.75) is 24.9 Å². The first-order chi connectivity index (χ1) is 14.9. The number of pyridine rings is 1. The Hall–Kier alpha value is -3.23. The van der Waals surface area contributed by atoms with Gasteiger partial charge in [0.05, 0.1) is 18.6 Å². The zero-order chi connectivity index (χ0) is 22.3. The van der Waals surface area contributed by atoms with Gasteiger partial charge in [0, 0.05) is 25.5 Å². The van der Waals surface area contributed by atoms with E-state index in [9.17, 15) is 13.2 Å². The van der Waals surface area contributed by atoms with Crippen LogP contribution in [0.5, 0.6) is 5.75 Å². The number of amides is 1. The summed E-state index contributed by atoms with van der Waals surface area (Å²) in [5.41, 5.74) is 2.37. The minimum atomic E-state index is -3.92. The Balaban J connectivity index is 1.83. The van der Waals surface area contributed by atoms with Crippen molar-refractivity contribution >= 4 is 15.9 Å². The quantitative estimate of drug-likeness (QED) is 0.554. The lowest BCUT2D eigenvalue weighted by atomic mass is 10.2. The summed E-state index contributed by atoms with van der Waals surface area (Å²) >= 11 is 0. The molecule has 0 spiro atoms. The van der Waals surface area contributed by atoms with Crippen LogP contribution in [-0.4, -0.2) is 37.3 Å². The zero-order valence-corrected chi connectivity index (χ0v) is 18.3. The molecule has 31 heavy (non-hydrogen) atoms. The van der Waals surface area contributed by atoms with Gasteiger partial charge in [0.2, 0.25) is 15.9 Å². The molecule has 0 atom stereocenters. The molecule has 3 aromatic rings. The molecule has 1 heterocycles. The molecule has 0 fully saturated rings. The lowest BCUT2D eigenvalue weighted by molar-refractivity contribution is -0.121. The summed E-state index contributed by atoms with van der Waals surface area (Å²) in [6.07, 6.45) is 3.28. The van der Waals surface area contributed by atoms with Crippen molar-refractivity contribution < 1.29 is 17.9 Å². The monoisotopic (exact) mass is 439 g/mol. The first-order valence-electron chi connectivity index (χ1n) is 9.74. The van der Waals surface area contributed by atoms with Crippen LogP contribution in [0.3, 0.4) is 0 Å². The van der Waals surface area contributed by atoms with E-state index in [0.29, 0.717) is 17.9 Å². The normalized spacial score (nSPS) is 11.3. The molecular formula is C23H25N3O4S. The highest BCUT2D eigenvalue weighted by Crippen LogP contribution is 2.24. The SMILES string of the molecule is COc1ccc(S(=O)(=O)N(CC(=O)NCc2ccncc2)Cc2ccccc2)cc1C. The number of benzene rings is 2. The number of ether oxygens (including phenoxy) is 1. The van der Waals surface area contributed by atoms with Gasteiger partial charge in [-0.1, -0.05) is 30.3 Å². The number of aryl methyl sites for hydroxylation is 1. The van der Waals surface area contributed by atoms with Crippen LogP contribution < -0.4 is 10.1 Å². The Kier molecular flexibility index (Phi) is 7.38. The van der Waals surface area contributed by atoms with Crippen LogP contribution in [0.25, 0.3) is 0 Å². The molecule has 0 aliphatic carbocycles. The Morgan fingerprint density at radius 2 is 1.74 bits per heavy atom. The zero-order valence-electron chi connectivity index (χ0n) is 17.5. The van der Waals surface area contributed by atoms with Gasteiger partial charge in [0.1, 0.15) is 5.75 Å². The van der Waals surface area contributed by atoms with Gasteiger partial charge in [0.25, 0.3) is 0 Å². The van der Waals surface area contributed by atoms with Crippen LogP contribution in [-0.2, 0) is 27.9 Å². The number of sulfonamides is 1. The van der Waals surface area contributed by atoms with Crippen LogP contribution in [0.15, 0.2) is 78.0 Å². The number of hydrogen-bond acceptors (Lipinski definition) is 5. The molecule has 0 saturated heterocycles. The van der Waals surface area contributed by atoms with Gasteiger partial charge in [-0.2, -0.15) is 4.31 Å². The predicted octanol–water partition coefficient (Wildman–Crippen LogP) is 2.91. The molecule has 0 saturated carbocycles. The van der Waals surface area contributed by atoms with E-state index in [1.165, 1.54) is 17.5 Å². The molecule has 0 aliphatic rings. The van der Waals surface area contributed by atoms with Crippen LogP contribution in [0.4, 0.5) is 0 Å². The number of aromatic nitrogens is 1. The topological polar surface area (TPSA) is 88.6 Å². The predicted molar refractivity (Wildman–Crippen MR) is 118 cm³/mol. The molecule has 7 nitrogen and oxygen atoms in total. The Bertz CT molecular complexity index is 1120. The van der Waals surface area contributed by atoms with Crippen molar-refractivity contribution in [3.8, 4) is 5.75 Å². The Labute approximate surface area is 182 Å².